The fourth-order valence-electron chi connectivity index (χ4n) is 3.62. The van der Waals surface area contributed by atoms with Crippen LogP contribution in [0.4, 0.5) is 0 Å². The van der Waals surface area contributed by atoms with Crippen molar-refractivity contribution in [2.24, 2.45) is 17.3 Å². The molecule has 1 fully saturated rings. The molecule has 0 aromatic heterocycles. The van der Waals surface area contributed by atoms with Crippen LogP contribution < -0.4 is 0 Å². The summed E-state index contributed by atoms with van der Waals surface area (Å²) in [6, 6.07) is 0. The molecule has 1 aliphatic rings. The lowest BCUT2D eigenvalue weighted by Crippen LogP contribution is -2.51. The monoisotopic (exact) mass is 380 g/mol. The summed E-state index contributed by atoms with van der Waals surface area (Å²) >= 11 is 2.36. The molecule has 0 bridgehead atoms. The number of ether oxygens (including phenoxy) is 1. The largest absolute Gasteiger partial charge is 0.384 e. The van der Waals surface area contributed by atoms with Crippen LogP contribution in [-0.2, 0) is 9.53 Å². The van der Waals surface area contributed by atoms with E-state index in [1.165, 1.54) is 6.42 Å². The van der Waals surface area contributed by atoms with Crippen molar-refractivity contribution >= 4 is 28.4 Å². The van der Waals surface area contributed by atoms with Crippen LogP contribution in [0.25, 0.3) is 0 Å². The normalized spacial score (nSPS) is 33.1. The minimum Gasteiger partial charge on any atom is -0.384 e. The van der Waals surface area contributed by atoms with Crippen molar-refractivity contribution in [2.75, 3.05) is 13.7 Å². The van der Waals surface area contributed by atoms with Gasteiger partial charge in [-0.25, -0.2) is 0 Å². The van der Waals surface area contributed by atoms with Crippen molar-refractivity contribution in [3.05, 3.63) is 0 Å². The third-order valence-electron chi connectivity index (χ3n) is 4.97. The molecule has 1 aliphatic carbocycles. The van der Waals surface area contributed by atoms with Crippen LogP contribution in [-0.4, -0.2) is 23.4 Å². The van der Waals surface area contributed by atoms with E-state index in [0.29, 0.717) is 24.2 Å². The molecule has 0 saturated heterocycles. The van der Waals surface area contributed by atoms with Gasteiger partial charge in [-0.15, -0.1) is 0 Å². The molecule has 0 heterocycles. The maximum absolute atomic E-state index is 13.0. The number of hydrogen-bond donors (Lipinski definition) is 0. The average Bonchev–Trinajstić information content (AvgIpc) is 2.39. The fourth-order valence-corrected chi connectivity index (χ4v) is 4.64. The highest BCUT2D eigenvalue weighted by Crippen LogP contribution is 2.48. The number of Topliss-reactive ketones (excluding diaryl/α,β-unsaturated/α-hetero) is 1. The van der Waals surface area contributed by atoms with Gasteiger partial charge in [-0.05, 0) is 31.1 Å². The van der Waals surface area contributed by atoms with Crippen molar-refractivity contribution in [3.8, 4) is 0 Å². The quantitative estimate of drug-likeness (QED) is 0.475. The molecule has 2 nitrogen and oxygen atoms in total. The Labute approximate surface area is 132 Å². The number of hydrogen-bond acceptors (Lipinski definition) is 2. The van der Waals surface area contributed by atoms with Gasteiger partial charge in [0.2, 0.25) is 0 Å². The topological polar surface area (TPSA) is 26.3 Å². The summed E-state index contributed by atoms with van der Waals surface area (Å²) in [6.45, 7) is 7.27. The summed E-state index contributed by atoms with van der Waals surface area (Å²) in [5, 5.41) is 0. The Balaban J connectivity index is 2.93. The second-order valence-electron chi connectivity index (χ2n) is 6.18. The molecule has 112 valence electrons. The Hall–Kier alpha value is 0.360. The van der Waals surface area contributed by atoms with Crippen LogP contribution in [0.5, 0.6) is 0 Å². The number of ketones is 1. The zero-order valence-corrected chi connectivity index (χ0v) is 15.0. The molecule has 3 unspecified atom stereocenters. The van der Waals surface area contributed by atoms with E-state index < -0.39 is 0 Å². The van der Waals surface area contributed by atoms with E-state index in [4.69, 9.17) is 4.74 Å². The van der Waals surface area contributed by atoms with Gasteiger partial charge >= 0.3 is 0 Å². The molecule has 0 radical (unpaired) electrons. The fraction of sp³-hybridized carbons (Fsp3) is 0.938. The van der Waals surface area contributed by atoms with Crippen LogP contribution in [0.1, 0.15) is 59.3 Å². The number of halogens is 1. The summed E-state index contributed by atoms with van der Waals surface area (Å²) in [5.41, 5.74) is -0.243. The Kier molecular flexibility index (Phi) is 7.30. The summed E-state index contributed by atoms with van der Waals surface area (Å²) in [5.74, 6) is 1.34. The van der Waals surface area contributed by atoms with Gasteiger partial charge in [-0.1, -0.05) is 62.6 Å². The van der Waals surface area contributed by atoms with E-state index in [9.17, 15) is 4.79 Å². The van der Waals surface area contributed by atoms with Crippen molar-refractivity contribution in [1.29, 1.82) is 0 Å². The lowest BCUT2D eigenvalue weighted by atomic mass is 9.58. The lowest BCUT2D eigenvalue weighted by molar-refractivity contribution is -0.143. The molecule has 3 atom stereocenters. The smallest absolute Gasteiger partial charge is 0.154 e. The van der Waals surface area contributed by atoms with E-state index in [1.54, 1.807) is 7.11 Å². The van der Waals surface area contributed by atoms with Crippen molar-refractivity contribution in [1.82, 2.24) is 0 Å². The van der Waals surface area contributed by atoms with Crippen molar-refractivity contribution in [3.63, 3.8) is 0 Å². The first-order valence-corrected chi connectivity index (χ1v) is 8.92. The minimum atomic E-state index is -0.243. The number of unbranched alkanes of at least 4 members (excludes halogenated alkanes) is 1. The molecule has 0 aliphatic heterocycles. The number of methoxy groups -OCH3 is 1. The highest BCUT2D eigenvalue weighted by atomic mass is 127. The first-order valence-electron chi connectivity index (χ1n) is 7.68. The second-order valence-corrected chi connectivity index (χ2v) is 7.68. The molecular formula is C16H29IO2. The first-order chi connectivity index (χ1) is 9.00. The van der Waals surface area contributed by atoms with Gasteiger partial charge in [0.05, 0.1) is 15.9 Å². The molecule has 0 amide bonds. The van der Waals surface area contributed by atoms with Gasteiger partial charge in [0.15, 0.2) is 5.78 Å². The van der Waals surface area contributed by atoms with Gasteiger partial charge in [0.1, 0.15) is 0 Å². The third kappa shape index (κ3) is 3.72. The highest BCUT2D eigenvalue weighted by molar-refractivity contribution is 14.1. The Bertz CT molecular complexity index is 280. The zero-order chi connectivity index (χ0) is 14.5. The van der Waals surface area contributed by atoms with Crippen LogP contribution in [0.15, 0.2) is 0 Å². The second kappa shape index (κ2) is 7.96. The van der Waals surface area contributed by atoms with Crippen LogP contribution in [0, 0.1) is 17.3 Å². The maximum atomic E-state index is 13.0. The molecule has 0 spiro atoms. The first kappa shape index (κ1) is 17.4. The van der Waals surface area contributed by atoms with Gasteiger partial charge in [-0.2, -0.15) is 0 Å². The number of rotatable bonds is 7. The Morgan fingerprint density at radius 2 is 1.95 bits per heavy atom. The number of alkyl halides is 1. The molecule has 3 heteroatoms. The lowest BCUT2D eigenvalue weighted by Gasteiger charge is -2.46. The highest BCUT2D eigenvalue weighted by Gasteiger charge is 2.50. The van der Waals surface area contributed by atoms with Gasteiger partial charge in [0, 0.05) is 7.11 Å². The number of carbonyl (C=O) groups excluding carboxylic acids is 1. The van der Waals surface area contributed by atoms with E-state index in [0.717, 1.165) is 32.1 Å². The molecular weight excluding hydrogens is 351 g/mol. The average molecular weight is 380 g/mol. The van der Waals surface area contributed by atoms with Gasteiger partial charge in [0.25, 0.3) is 0 Å². The van der Waals surface area contributed by atoms with Crippen molar-refractivity contribution < 1.29 is 9.53 Å². The summed E-state index contributed by atoms with van der Waals surface area (Å²) in [6.07, 6.45) is 6.90. The zero-order valence-electron chi connectivity index (χ0n) is 12.9. The van der Waals surface area contributed by atoms with Crippen LogP contribution >= 0.6 is 22.6 Å². The Morgan fingerprint density at radius 3 is 2.42 bits per heavy atom. The van der Waals surface area contributed by atoms with Crippen LogP contribution in [0.2, 0.25) is 0 Å². The number of carbonyl (C=O) groups is 1. The molecule has 1 rings (SSSR count). The SMILES string of the molecule is CCCCC(I)C(=O)C1(COC)C(C)CCCC1C. The van der Waals surface area contributed by atoms with E-state index >= 15 is 0 Å². The third-order valence-corrected chi connectivity index (χ3v) is 6.16. The maximum Gasteiger partial charge on any atom is 0.154 e. The minimum absolute atomic E-state index is 0.149. The molecule has 0 aromatic carbocycles. The van der Waals surface area contributed by atoms with Crippen LogP contribution in [0.3, 0.4) is 0 Å². The summed E-state index contributed by atoms with van der Waals surface area (Å²) < 4.78 is 5.63. The molecule has 0 N–H and O–H groups in total. The predicted octanol–water partition coefficient (Wildman–Crippen LogP) is 4.64. The van der Waals surface area contributed by atoms with E-state index in [1.807, 2.05) is 0 Å². The summed E-state index contributed by atoms with van der Waals surface area (Å²) in [4.78, 5) is 13.0. The van der Waals surface area contributed by atoms with Gasteiger partial charge in [-0.3, -0.25) is 4.79 Å². The molecule has 0 aromatic rings. The standard InChI is InChI=1S/C16H29IO2/c1-5-6-10-14(17)15(18)16(11-19-4)12(2)8-7-9-13(16)3/h12-14H,5-11H2,1-4H3. The molecule has 1 saturated carbocycles. The van der Waals surface area contributed by atoms with E-state index in [2.05, 4.69) is 43.4 Å². The summed E-state index contributed by atoms with van der Waals surface area (Å²) in [7, 11) is 1.73. The van der Waals surface area contributed by atoms with E-state index in [-0.39, 0.29) is 9.34 Å². The molecule has 19 heavy (non-hydrogen) atoms. The van der Waals surface area contributed by atoms with Gasteiger partial charge < -0.3 is 4.74 Å². The predicted molar refractivity (Wildman–Crippen MR) is 88.8 cm³/mol. The Morgan fingerprint density at radius 1 is 1.37 bits per heavy atom. The van der Waals surface area contributed by atoms with Crippen molar-refractivity contribution in [2.45, 2.75) is 63.2 Å².